The third kappa shape index (κ3) is 5.42. The van der Waals surface area contributed by atoms with E-state index in [2.05, 4.69) is 217 Å². The molecule has 0 radical (unpaired) electrons. The van der Waals surface area contributed by atoms with Gasteiger partial charge in [-0.3, -0.25) is 0 Å². The summed E-state index contributed by atoms with van der Waals surface area (Å²) < 4.78 is 4.84. The van der Waals surface area contributed by atoms with Crippen molar-refractivity contribution in [2.75, 3.05) is 0 Å². The zero-order chi connectivity index (χ0) is 36.9. The Kier molecular flexibility index (Phi) is 7.89. The molecule has 2 heterocycles. The van der Waals surface area contributed by atoms with E-state index in [1.165, 1.54) is 77.0 Å². The molecule has 260 valence electrons. The minimum absolute atomic E-state index is 1.13. The zero-order valence-corrected chi connectivity index (χ0v) is 30.7. The van der Waals surface area contributed by atoms with Crippen LogP contribution in [-0.2, 0) is 0 Å². The number of benzene rings is 8. The molecular weight excluding hydrogens is 665 g/mol. The first-order chi connectivity index (χ1) is 27.2. The van der Waals surface area contributed by atoms with Gasteiger partial charge in [0.2, 0.25) is 0 Å². The molecule has 2 heteroatoms. The Morgan fingerprint density at radius 3 is 1.76 bits per heavy atom. The fourth-order valence-corrected chi connectivity index (χ4v) is 8.44. The Hall–Kier alpha value is -7.16. The summed E-state index contributed by atoms with van der Waals surface area (Å²) in [5.74, 6) is 0. The molecule has 0 spiro atoms. The van der Waals surface area contributed by atoms with Crippen molar-refractivity contribution in [2.24, 2.45) is 0 Å². The van der Waals surface area contributed by atoms with Gasteiger partial charge in [-0.25, -0.2) is 0 Å². The Labute approximate surface area is 321 Å². The largest absolute Gasteiger partial charge is 0.309 e. The van der Waals surface area contributed by atoms with Gasteiger partial charge < -0.3 is 9.13 Å². The highest BCUT2D eigenvalue weighted by molar-refractivity contribution is 6.12. The maximum Gasteiger partial charge on any atom is 0.0547 e. The first-order valence-corrected chi connectivity index (χ1v) is 18.9. The van der Waals surface area contributed by atoms with Gasteiger partial charge >= 0.3 is 0 Å². The summed E-state index contributed by atoms with van der Waals surface area (Å²) >= 11 is 0. The Balaban J connectivity index is 1.13. The second kappa shape index (κ2) is 13.4. The highest BCUT2D eigenvalue weighted by atomic mass is 15.0. The van der Waals surface area contributed by atoms with Crippen molar-refractivity contribution < 1.29 is 0 Å². The highest BCUT2D eigenvalue weighted by Gasteiger charge is 2.18. The van der Waals surface area contributed by atoms with Crippen LogP contribution in [0.15, 0.2) is 195 Å². The minimum Gasteiger partial charge on any atom is -0.309 e. The predicted octanol–water partition coefficient (Wildman–Crippen LogP) is 14.6. The number of rotatable bonds is 7. The molecule has 0 fully saturated rings. The molecule has 8 aromatic carbocycles. The summed E-state index contributed by atoms with van der Waals surface area (Å²) in [5.41, 5.74) is 16.5. The second-order valence-corrected chi connectivity index (χ2v) is 14.1. The number of hydrogen-bond donors (Lipinski definition) is 0. The van der Waals surface area contributed by atoms with Crippen LogP contribution in [0.5, 0.6) is 0 Å². The van der Waals surface area contributed by atoms with Crippen molar-refractivity contribution in [1.29, 1.82) is 0 Å². The molecule has 10 aromatic rings. The van der Waals surface area contributed by atoms with Gasteiger partial charge in [0.05, 0.1) is 27.8 Å². The molecule has 0 atom stereocenters. The van der Waals surface area contributed by atoms with Gasteiger partial charge in [0.15, 0.2) is 0 Å². The Morgan fingerprint density at radius 1 is 0.400 bits per heavy atom. The van der Waals surface area contributed by atoms with Gasteiger partial charge in [0, 0.05) is 32.8 Å². The van der Waals surface area contributed by atoms with E-state index in [1.54, 1.807) is 0 Å². The van der Waals surface area contributed by atoms with Gasteiger partial charge in [-0.15, -0.1) is 0 Å². The van der Waals surface area contributed by atoms with Crippen molar-refractivity contribution in [3.05, 3.63) is 206 Å². The lowest BCUT2D eigenvalue weighted by Crippen LogP contribution is -1.97. The average molecular weight is 703 g/mol. The molecule has 2 nitrogen and oxygen atoms in total. The first-order valence-electron chi connectivity index (χ1n) is 18.9. The van der Waals surface area contributed by atoms with Crippen molar-refractivity contribution in [1.82, 2.24) is 9.13 Å². The number of hydrogen-bond acceptors (Lipinski definition) is 0. The van der Waals surface area contributed by atoms with Crippen LogP contribution in [0.25, 0.3) is 101 Å². The monoisotopic (exact) mass is 702 g/mol. The average Bonchev–Trinajstić information content (AvgIpc) is 3.76. The lowest BCUT2D eigenvalue weighted by atomic mass is 9.97. The maximum absolute atomic E-state index is 4.05. The van der Waals surface area contributed by atoms with Gasteiger partial charge in [-0.1, -0.05) is 152 Å². The van der Waals surface area contributed by atoms with Crippen LogP contribution in [0, 0.1) is 0 Å². The standard InChI is InChI=1S/C53H38N2/c1-3-14-39-33-42(24-23-36(39)4-2)44-17-8-11-20-49(44)55-51-22-13-10-19-46(51)48-34-40(28-32-52(48)55)41-27-31-47-45-18-9-12-21-50(45)54(53(47)35-41)43-29-25-38(26-30-43)37-15-6-5-7-16-37/h3-35H,2H2,1H3/b14-3-. The highest BCUT2D eigenvalue weighted by Crippen LogP contribution is 2.40. The fourth-order valence-electron chi connectivity index (χ4n) is 8.44. The third-order valence-corrected chi connectivity index (χ3v) is 11.0. The number of fused-ring (bicyclic) bond motifs is 6. The molecule has 0 saturated heterocycles. The van der Waals surface area contributed by atoms with Crippen LogP contribution in [0.2, 0.25) is 0 Å². The summed E-state index contributed by atoms with van der Waals surface area (Å²) in [4.78, 5) is 0. The topological polar surface area (TPSA) is 9.86 Å². The SMILES string of the molecule is C=Cc1ccc(-c2ccccc2-n2c3ccccc3c3cc(-c4ccc5c6ccccc6n(-c6ccc(-c7ccccc7)cc6)c5c4)ccc32)cc1/C=C\C. The van der Waals surface area contributed by atoms with E-state index in [-0.39, 0.29) is 0 Å². The summed E-state index contributed by atoms with van der Waals surface area (Å²) in [6, 6.07) is 66.4. The molecule has 0 amide bonds. The smallest absolute Gasteiger partial charge is 0.0547 e. The molecular formula is C53H38N2. The van der Waals surface area contributed by atoms with Crippen LogP contribution in [0.3, 0.4) is 0 Å². The van der Waals surface area contributed by atoms with Crippen molar-refractivity contribution >= 4 is 55.8 Å². The summed E-state index contributed by atoms with van der Waals surface area (Å²) in [7, 11) is 0. The quantitative estimate of drug-likeness (QED) is 0.156. The van der Waals surface area contributed by atoms with Crippen molar-refractivity contribution in [3.8, 4) is 44.8 Å². The molecule has 0 bridgehead atoms. The fraction of sp³-hybridized carbons (Fsp3) is 0.0189. The normalized spacial score (nSPS) is 11.7. The van der Waals surface area contributed by atoms with Crippen LogP contribution in [0.1, 0.15) is 18.1 Å². The van der Waals surface area contributed by atoms with Crippen LogP contribution in [-0.4, -0.2) is 9.13 Å². The first kappa shape index (κ1) is 32.5. The van der Waals surface area contributed by atoms with E-state index in [9.17, 15) is 0 Å². The number of nitrogens with zero attached hydrogens (tertiary/aromatic N) is 2. The van der Waals surface area contributed by atoms with E-state index in [0.29, 0.717) is 0 Å². The van der Waals surface area contributed by atoms with Gasteiger partial charge in [-0.05, 0) is 100 Å². The molecule has 0 aliphatic heterocycles. The number of para-hydroxylation sites is 3. The molecule has 2 aromatic heterocycles. The number of allylic oxidation sites excluding steroid dienone is 1. The Morgan fingerprint density at radius 2 is 0.982 bits per heavy atom. The Bertz CT molecular complexity index is 3100. The summed E-state index contributed by atoms with van der Waals surface area (Å²) in [6.45, 7) is 6.11. The van der Waals surface area contributed by atoms with Crippen molar-refractivity contribution in [2.45, 2.75) is 6.92 Å². The van der Waals surface area contributed by atoms with Crippen LogP contribution < -0.4 is 0 Å². The summed E-state index contributed by atoms with van der Waals surface area (Å²) in [5, 5.41) is 4.97. The zero-order valence-electron chi connectivity index (χ0n) is 30.7. The molecule has 0 unspecified atom stereocenters. The van der Waals surface area contributed by atoms with Crippen LogP contribution in [0.4, 0.5) is 0 Å². The van der Waals surface area contributed by atoms with E-state index >= 15 is 0 Å². The molecule has 55 heavy (non-hydrogen) atoms. The van der Waals surface area contributed by atoms with Crippen molar-refractivity contribution in [3.63, 3.8) is 0 Å². The molecule has 0 N–H and O–H groups in total. The lowest BCUT2D eigenvalue weighted by Gasteiger charge is -2.15. The molecule has 0 saturated carbocycles. The van der Waals surface area contributed by atoms with E-state index in [1.807, 2.05) is 6.08 Å². The van der Waals surface area contributed by atoms with E-state index in [0.717, 1.165) is 22.5 Å². The lowest BCUT2D eigenvalue weighted by molar-refractivity contribution is 1.18. The number of aromatic nitrogens is 2. The summed E-state index contributed by atoms with van der Waals surface area (Å²) in [6.07, 6.45) is 6.17. The van der Waals surface area contributed by atoms with Gasteiger partial charge in [-0.2, -0.15) is 0 Å². The molecule has 10 rings (SSSR count). The van der Waals surface area contributed by atoms with Gasteiger partial charge in [0.1, 0.15) is 0 Å². The second-order valence-electron chi connectivity index (χ2n) is 14.1. The van der Waals surface area contributed by atoms with Gasteiger partial charge in [0.25, 0.3) is 0 Å². The predicted molar refractivity (Wildman–Crippen MR) is 236 cm³/mol. The maximum atomic E-state index is 4.05. The van der Waals surface area contributed by atoms with E-state index in [4.69, 9.17) is 0 Å². The van der Waals surface area contributed by atoms with Crippen LogP contribution >= 0.6 is 0 Å². The third-order valence-electron chi connectivity index (χ3n) is 11.0. The molecule has 0 aliphatic carbocycles. The van der Waals surface area contributed by atoms with E-state index < -0.39 is 0 Å². The molecule has 0 aliphatic rings. The minimum atomic E-state index is 1.13.